The smallest absolute Gasteiger partial charge is 0.269 e. The molecule has 6 nitrogen and oxygen atoms in total. The summed E-state index contributed by atoms with van der Waals surface area (Å²) >= 11 is 0. The van der Waals surface area contributed by atoms with Gasteiger partial charge in [-0.2, -0.15) is 0 Å². The highest BCUT2D eigenvalue weighted by Gasteiger charge is 2.10. The first-order chi connectivity index (χ1) is 10.9. The molecule has 0 unspecified atom stereocenters. The third-order valence-electron chi connectivity index (χ3n) is 3.74. The van der Waals surface area contributed by atoms with Crippen molar-refractivity contribution in [3.05, 3.63) is 63.2 Å². The Hall–Kier alpha value is -2.89. The normalized spacial score (nSPS) is 10.2. The van der Waals surface area contributed by atoms with Gasteiger partial charge in [0.05, 0.1) is 11.5 Å². The summed E-state index contributed by atoms with van der Waals surface area (Å²) < 4.78 is 0. The molecule has 0 radical (unpaired) electrons. The van der Waals surface area contributed by atoms with Crippen molar-refractivity contribution in [2.45, 2.75) is 20.8 Å². The molecule has 0 atom stereocenters. The van der Waals surface area contributed by atoms with Gasteiger partial charge in [0.1, 0.15) is 0 Å². The van der Waals surface area contributed by atoms with Crippen LogP contribution in [0.25, 0.3) is 0 Å². The van der Waals surface area contributed by atoms with E-state index in [1.165, 1.54) is 12.1 Å². The molecule has 0 heterocycles. The number of non-ortho nitro benzene ring substituents is 1. The monoisotopic (exact) mass is 313 g/mol. The predicted molar refractivity (Wildman–Crippen MR) is 90.9 cm³/mol. The SMILES string of the molecule is Cc1cc([N+](=O)[O-])ccc1NC(=O)CNc1cccc(C)c1C. The van der Waals surface area contributed by atoms with Crippen molar-refractivity contribution in [1.82, 2.24) is 0 Å². The fourth-order valence-electron chi connectivity index (χ4n) is 2.21. The number of carbonyl (C=O) groups is 1. The summed E-state index contributed by atoms with van der Waals surface area (Å²) in [5.74, 6) is -0.206. The van der Waals surface area contributed by atoms with Crippen molar-refractivity contribution in [3.8, 4) is 0 Å². The first kappa shape index (κ1) is 16.5. The van der Waals surface area contributed by atoms with E-state index < -0.39 is 4.92 Å². The minimum atomic E-state index is -0.458. The number of rotatable bonds is 5. The van der Waals surface area contributed by atoms with Crippen LogP contribution in [0.15, 0.2) is 36.4 Å². The lowest BCUT2D eigenvalue weighted by Gasteiger charge is -2.12. The zero-order valence-electron chi connectivity index (χ0n) is 13.3. The van der Waals surface area contributed by atoms with Crippen LogP contribution >= 0.6 is 0 Å². The van der Waals surface area contributed by atoms with Gasteiger partial charge in [-0.05, 0) is 49.6 Å². The van der Waals surface area contributed by atoms with Crippen LogP contribution in [-0.2, 0) is 4.79 Å². The van der Waals surface area contributed by atoms with Crippen LogP contribution in [0, 0.1) is 30.9 Å². The summed E-state index contributed by atoms with van der Waals surface area (Å²) in [7, 11) is 0. The van der Waals surface area contributed by atoms with Crippen molar-refractivity contribution in [3.63, 3.8) is 0 Å². The third-order valence-corrected chi connectivity index (χ3v) is 3.74. The lowest BCUT2D eigenvalue weighted by Crippen LogP contribution is -2.22. The Morgan fingerprint density at radius 2 is 1.83 bits per heavy atom. The van der Waals surface area contributed by atoms with E-state index in [1.807, 2.05) is 32.0 Å². The number of hydrogen-bond donors (Lipinski definition) is 2. The Bertz CT molecular complexity index is 757. The van der Waals surface area contributed by atoms with Gasteiger partial charge in [-0.25, -0.2) is 0 Å². The minimum absolute atomic E-state index is 0.00834. The molecule has 1 amide bonds. The van der Waals surface area contributed by atoms with Crippen LogP contribution in [0.4, 0.5) is 17.1 Å². The summed E-state index contributed by atoms with van der Waals surface area (Å²) in [5.41, 5.74) is 4.41. The number of benzene rings is 2. The van der Waals surface area contributed by atoms with Crippen LogP contribution in [-0.4, -0.2) is 17.4 Å². The molecule has 2 rings (SSSR count). The van der Waals surface area contributed by atoms with Crippen molar-refractivity contribution in [1.29, 1.82) is 0 Å². The lowest BCUT2D eigenvalue weighted by molar-refractivity contribution is -0.384. The van der Waals surface area contributed by atoms with Crippen molar-refractivity contribution < 1.29 is 9.72 Å². The number of amides is 1. The van der Waals surface area contributed by atoms with Gasteiger partial charge in [0.2, 0.25) is 5.91 Å². The minimum Gasteiger partial charge on any atom is -0.376 e. The van der Waals surface area contributed by atoms with E-state index in [9.17, 15) is 14.9 Å². The number of nitro groups is 1. The molecule has 0 aliphatic heterocycles. The molecule has 0 saturated heterocycles. The maximum atomic E-state index is 12.0. The van der Waals surface area contributed by atoms with E-state index in [-0.39, 0.29) is 18.1 Å². The second-order valence-corrected chi connectivity index (χ2v) is 5.41. The van der Waals surface area contributed by atoms with E-state index in [2.05, 4.69) is 10.6 Å². The first-order valence-corrected chi connectivity index (χ1v) is 7.23. The highest BCUT2D eigenvalue weighted by atomic mass is 16.6. The third kappa shape index (κ3) is 4.06. The topological polar surface area (TPSA) is 84.3 Å². The number of carbonyl (C=O) groups excluding carboxylic acids is 1. The molecule has 0 saturated carbocycles. The van der Waals surface area contributed by atoms with E-state index in [0.29, 0.717) is 11.3 Å². The van der Waals surface area contributed by atoms with Crippen molar-refractivity contribution in [2.24, 2.45) is 0 Å². The molecule has 2 N–H and O–H groups in total. The number of nitro benzene ring substituents is 1. The Morgan fingerprint density at radius 1 is 1.09 bits per heavy atom. The second-order valence-electron chi connectivity index (χ2n) is 5.41. The summed E-state index contributed by atoms with van der Waals surface area (Å²) in [4.78, 5) is 22.3. The standard InChI is InChI=1S/C17H19N3O3/c1-11-5-4-6-16(13(11)3)18-10-17(21)19-15-8-7-14(20(22)23)9-12(15)2/h4-9,18H,10H2,1-3H3,(H,19,21). The molecule has 0 aromatic heterocycles. The maximum Gasteiger partial charge on any atom is 0.269 e. The molecular weight excluding hydrogens is 294 g/mol. The number of hydrogen-bond acceptors (Lipinski definition) is 4. The quantitative estimate of drug-likeness (QED) is 0.653. The molecular formula is C17H19N3O3. The van der Waals surface area contributed by atoms with Crippen LogP contribution in [0.2, 0.25) is 0 Å². The Labute approximate surface area is 134 Å². The second kappa shape index (κ2) is 6.91. The van der Waals surface area contributed by atoms with Gasteiger partial charge in [-0.1, -0.05) is 12.1 Å². The van der Waals surface area contributed by atoms with Gasteiger partial charge in [0.15, 0.2) is 0 Å². The van der Waals surface area contributed by atoms with Crippen LogP contribution in [0.1, 0.15) is 16.7 Å². The molecule has 6 heteroatoms. The van der Waals surface area contributed by atoms with E-state index in [1.54, 1.807) is 13.0 Å². The molecule has 0 aliphatic carbocycles. The van der Waals surface area contributed by atoms with Gasteiger partial charge in [0.25, 0.3) is 5.69 Å². The first-order valence-electron chi connectivity index (χ1n) is 7.23. The van der Waals surface area contributed by atoms with Crippen molar-refractivity contribution >= 4 is 23.0 Å². The molecule has 2 aromatic rings. The summed E-state index contributed by atoms with van der Waals surface area (Å²) in [6.07, 6.45) is 0. The van der Waals surface area contributed by atoms with E-state index in [4.69, 9.17) is 0 Å². The number of nitrogens with one attached hydrogen (secondary N) is 2. The summed E-state index contributed by atoms with van der Waals surface area (Å²) in [5, 5.41) is 16.6. The van der Waals surface area contributed by atoms with E-state index >= 15 is 0 Å². The lowest BCUT2D eigenvalue weighted by atomic mass is 10.1. The molecule has 0 fully saturated rings. The number of anilines is 2. The van der Waals surface area contributed by atoms with Gasteiger partial charge in [-0.15, -0.1) is 0 Å². The summed E-state index contributed by atoms with van der Waals surface area (Å²) in [6, 6.07) is 10.2. The van der Waals surface area contributed by atoms with Crippen molar-refractivity contribution in [2.75, 3.05) is 17.2 Å². The summed E-state index contributed by atoms with van der Waals surface area (Å²) in [6.45, 7) is 5.86. The average Bonchev–Trinajstić information content (AvgIpc) is 2.50. The highest BCUT2D eigenvalue weighted by molar-refractivity contribution is 5.94. The molecule has 0 bridgehead atoms. The van der Waals surface area contributed by atoms with Crippen LogP contribution in [0.3, 0.4) is 0 Å². The average molecular weight is 313 g/mol. The molecule has 0 spiro atoms. The fraction of sp³-hybridized carbons (Fsp3) is 0.235. The van der Waals surface area contributed by atoms with E-state index in [0.717, 1.165) is 16.8 Å². The fourth-order valence-corrected chi connectivity index (χ4v) is 2.21. The highest BCUT2D eigenvalue weighted by Crippen LogP contribution is 2.21. The van der Waals surface area contributed by atoms with Gasteiger partial charge < -0.3 is 10.6 Å². The van der Waals surface area contributed by atoms with Crippen LogP contribution < -0.4 is 10.6 Å². The van der Waals surface area contributed by atoms with Gasteiger partial charge in [-0.3, -0.25) is 14.9 Å². The molecule has 23 heavy (non-hydrogen) atoms. The van der Waals surface area contributed by atoms with Crippen LogP contribution in [0.5, 0.6) is 0 Å². The number of aryl methyl sites for hydroxylation is 2. The zero-order chi connectivity index (χ0) is 17.0. The predicted octanol–water partition coefficient (Wildman–Crippen LogP) is 3.57. The molecule has 120 valence electrons. The molecule has 2 aromatic carbocycles. The zero-order valence-corrected chi connectivity index (χ0v) is 13.3. The molecule has 0 aliphatic rings. The van der Waals surface area contributed by atoms with Gasteiger partial charge >= 0.3 is 0 Å². The largest absolute Gasteiger partial charge is 0.376 e. The maximum absolute atomic E-state index is 12.0. The Morgan fingerprint density at radius 3 is 2.48 bits per heavy atom. The number of nitrogens with zero attached hydrogens (tertiary/aromatic N) is 1. The van der Waals surface area contributed by atoms with Gasteiger partial charge in [0, 0.05) is 23.5 Å². The Balaban J connectivity index is 2.00. The Kier molecular flexibility index (Phi) is 4.95.